The molecule has 0 saturated carbocycles. The molecular formula is C23H24FN3O3S2. The van der Waals surface area contributed by atoms with Crippen molar-refractivity contribution < 1.29 is 13.9 Å². The fourth-order valence-corrected chi connectivity index (χ4v) is 6.67. The molecule has 168 valence electrons. The Balaban J connectivity index is 1.62. The first kappa shape index (κ1) is 21.6. The summed E-state index contributed by atoms with van der Waals surface area (Å²) < 4.78 is 21.5. The topological polar surface area (TPSA) is 64.4 Å². The van der Waals surface area contributed by atoms with Crippen LogP contribution in [0, 0.1) is 5.82 Å². The molecule has 1 atom stereocenters. The van der Waals surface area contributed by atoms with Gasteiger partial charge in [0.2, 0.25) is 5.91 Å². The van der Waals surface area contributed by atoms with Crippen LogP contribution < -0.4 is 5.56 Å². The number of nitrogens with zero attached hydrogens (tertiary/aromatic N) is 3. The number of benzene rings is 1. The minimum atomic E-state index is -0.492. The molecule has 1 aromatic carbocycles. The van der Waals surface area contributed by atoms with Crippen LogP contribution in [0.25, 0.3) is 15.9 Å². The molecule has 1 fully saturated rings. The van der Waals surface area contributed by atoms with Crippen molar-refractivity contribution in [2.75, 3.05) is 26.3 Å². The van der Waals surface area contributed by atoms with Crippen molar-refractivity contribution >= 4 is 39.2 Å². The van der Waals surface area contributed by atoms with Crippen LogP contribution in [-0.2, 0) is 22.4 Å². The minimum absolute atomic E-state index is 0.0294. The first-order chi connectivity index (χ1) is 15.5. The molecule has 1 aliphatic carbocycles. The zero-order valence-corrected chi connectivity index (χ0v) is 19.4. The average Bonchev–Trinajstić information content (AvgIpc) is 3.18. The molecule has 1 amide bonds. The highest BCUT2D eigenvalue weighted by atomic mass is 32.2. The third kappa shape index (κ3) is 3.86. The van der Waals surface area contributed by atoms with Gasteiger partial charge in [-0.2, -0.15) is 0 Å². The number of carbonyl (C=O) groups excluding carboxylic acids is 1. The quantitative estimate of drug-likeness (QED) is 0.426. The van der Waals surface area contributed by atoms with Crippen LogP contribution in [0.3, 0.4) is 0 Å². The van der Waals surface area contributed by atoms with Gasteiger partial charge in [0.15, 0.2) is 5.16 Å². The number of para-hydroxylation sites is 1. The van der Waals surface area contributed by atoms with Gasteiger partial charge in [0.25, 0.3) is 5.56 Å². The molecule has 0 N–H and O–H groups in total. The lowest BCUT2D eigenvalue weighted by Crippen LogP contribution is -2.44. The lowest BCUT2D eigenvalue weighted by molar-refractivity contribution is -0.134. The second-order valence-corrected chi connectivity index (χ2v) is 10.5. The molecule has 0 radical (unpaired) electrons. The van der Waals surface area contributed by atoms with Crippen LogP contribution in [0.1, 0.15) is 30.2 Å². The van der Waals surface area contributed by atoms with E-state index in [1.54, 1.807) is 34.4 Å². The van der Waals surface area contributed by atoms with Gasteiger partial charge in [0.1, 0.15) is 10.6 Å². The Morgan fingerprint density at radius 3 is 2.75 bits per heavy atom. The van der Waals surface area contributed by atoms with E-state index in [0.717, 1.165) is 31.2 Å². The Labute approximate surface area is 193 Å². The van der Waals surface area contributed by atoms with Crippen LogP contribution in [0.15, 0.2) is 34.2 Å². The van der Waals surface area contributed by atoms with Crippen LogP contribution in [-0.4, -0.2) is 51.9 Å². The van der Waals surface area contributed by atoms with Gasteiger partial charge >= 0.3 is 0 Å². The Morgan fingerprint density at radius 2 is 1.97 bits per heavy atom. The number of amides is 1. The Kier molecular flexibility index (Phi) is 6.05. The summed E-state index contributed by atoms with van der Waals surface area (Å²) in [4.78, 5) is 35.2. The highest BCUT2D eigenvalue weighted by Crippen LogP contribution is 2.36. The summed E-state index contributed by atoms with van der Waals surface area (Å²) in [5, 5.41) is 0.481. The molecule has 3 aromatic rings. The van der Waals surface area contributed by atoms with Gasteiger partial charge in [-0.1, -0.05) is 23.9 Å². The number of thiophene rings is 1. The van der Waals surface area contributed by atoms with Gasteiger partial charge in [-0.3, -0.25) is 14.2 Å². The molecule has 6 nitrogen and oxygen atoms in total. The lowest BCUT2D eigenvalue weighted by atomic mass is 9.97. The maximum Gasteiger partial charge on any atom is 0.267 e. The largest absolute Gasteiger partial charge is 0.378 e. The summed E-state index contributed by atoms with van der Waals surface area (Å²) in [5.41, 5.74) is 0.969. The van der Waals surface area contributed by atoms with Crippen molar-refractivity contribution in [3.8, 4) is 5.69 Å². The molecule has 0 bridgehead atoms. The van der Waals surface area contributed by atoms with Gasteiger partial charge in [0, 0.05) is 18.0 Å². The van der Waals surface area contributed by atoms with Crippen LogP contribution in [0.5, 0.6) is 0 Å². The van der Waals surface area contributed by atoms with Crippen molar-refractivity contribution in [2.45, 2.75) is 43.0 Å². The standard InChI is InChI=1S/C23H24FN3O3S2/c1-14(21(28)26-10-12-30-13-11-26)31-23-25-20-19(15-6-2-5-9-18(15)32-20)22(29)27(23)17-8-4-3-7-16(17)24/h3-4,7-8,14H,2,5-6,9-13H2,1H3. The highest BCUT2D eigenvalue weighted by molar-refractivity contribution is 8.00. The molecule has 2 aromatic heterocycles. The van der Waals surface area contributed by atoms with Crippen LogP contribution >= 0.6 is 23.1 Å². The van der Waals surface area contributed by atoms with Gasteiger partial charge in [-0.15, -0.1) is 11.3 Å². The van der Waals surface area contributed by atoms with Crippen molar-refractivity contribution in [2.24, 2.45) is 0 Å². The summed E-state index contributed by atoms with van der Waals surface area (Å²) in [6.45, 7) is 3.95. The lowest BCUT2D eigenvalue weighted by Gasteiger charge is -2.29. The summed E-state index contributed by atoms with van der Waals surface area (Å²) >= 11 is 2.77. The summed E-state index contributed by atoms with van der Waals surface area (Å²) in [6, 6.07) is 6.22. The maximum atomic E-state index is 14.8. The number of ether oxygens (including phenoxy) is 1. The van der Waals surface area contributed by atoms with Crippen LogP contribution in [0.2, 0.25) is 0 Å². The second-order valence-electron chi connectivity index (χ2n) is 8.08. The van der Waals surface area contributed by atoms with Crippen molar-refractivity contribution in [1.82, 2.24) is 14.5 Å². The number of morpholine rings is 1. The summed E-state index contributed by atoms with van der Waals surface area (Å²) in [5.74, 6) is -0.521. The third-order valence-electron chi connectivity index (χ3n) is 6.00. The van der Waals surface area contributed by atoms with Crippen molar-refractivity contribution in [1.29, 1.82) is 0 Å². The minimum Gasteiger partial charge on any atom is -0.378 e. The first-order valence-corrected chi connectivity index (χ1v) is 12.6. The summed E-state index contributed by atoms with van der Waals surface area (Å²) in [6.07, 6.45) is 3.94. The van der Waals surface area contributed by atoms with Gasteiger partial charge in [0.05, 0.1) is 29.5 Å². The van der Waals surface area contributed by atoms with Gasteiger partial charge in [-0.05, 0) is 50.3 Å². The Bertz CT molecular complexity index is 1230. The van der Waals surface area contributed by atoms with Crippen molar-refractivity contribution in [3.63, 3.8) is 0 Å². The number of halogens is 1. The molecule has 32 heavy (non-hydrogen) atoms. The molecule has 1 aliphatic heterocycles. The molecule has 5 rings (SSSR count). The van der Waals surface area contributed by atoms with Crippen LogP contribution in [0.4, 0.5) is 4.39 Å². The number of rotatable bonds is 4. The number of fused-ring (bicyclic) bond motifs is 3. The molecule has 1 unspecified atom stereocenters. The van der Waals surface area contributed by atoms with E-state index in [-0.39, 0.29) is 17.2 Å². The molecule has 3 heterocycles. The fraction of sp³-hybridized carbons (Fsp3) is 0.435. The van der Waals surface area contributed by atoms with E-state index >= 15 is 0 Å². The zero-order valence-electron chi connectivity index (χ0n) is 17.8. The number of aryl methyl sites for hydroxylation is 2. The van der Waals surface area contributed by atoms with E-state index < -0.39 is 11.1 Å². The highest BCUT2D eigenvalue weighted by Gasteiger charge is 2.28. The van der Waals surface area contributed by atoms with E-state index in [1.807, 2.05) is 6.92 Å². The van der Waals surface area contributed by atoms with E-state index in [9.17, 15) is 14.0 Å². The zero-order chi connectivity index (χ0) is 22.2. The SMILES string of the molecule is CC(Sc1nc2sc3c(c2c(=O)n1-c1ccccc1F)CCCC3)C(=O)N1CCOCC1. The predicted octanol–water partition coefficient (Wildman–Crippen LogP) is 3.80. The van der Waals surface area contributed by atoms with E-state index in [4.69, 9.17) is 9.72 Å². The second kappa shape index (κ2) is 8.96. The molecule has 0 spiro atoms. The Hall–Kier alpha value is -2.23. The normalized spacial score (nSPS) is 17.4. The first-order valence-electron chi connectivity index (χ1n) is 10.9. The number of carbonyl (C=O) groups is 1. The van der Waals surface area contributed by atoms with E-state index in [0.29, 0.717) is 41.7 Å². The van der Waals surface area contributed by atoms with Crippen molar-refractivity contribution in [3.05, 3.63) is 50.9 Å². The number of aromatic nitrogens is 2. The number of hydrogen-bond donors (Lipinski definition) is 0. The average molecular weight is 474 g/mol. The Morgan fingerprint density at radius 1 is 1.22 bits per heavy atom. The van der Waals surface area contributed by atoms with E-state index in [2.05, 4.69) is 0 Å². The monoisotopic (exact) mass is 473 g/mol. The number of thioether (sulfide) groups is 1. The van der Waals surface area contributed by atoms with Gasteiger partial charge < -0.3 is 9.64 Å². The molecule has 2 aliphatic rings. The maximum absolute atomic E-state index is 14.8. The molecule has 9 heteroatoms. The van der Waals surface area contributed by atoms with Gasteiger partial charge in [-0.25, -0.2) is 9.37 Å². The molecular weight excluding hydrogens is 449 g/mol. The third-order valence-corrected chi connectivity index (χ3v) is 8.23. The predicted molar refractivity (Wildman–Crippen MR) is 125 cm³/mol. The smallest absolute Gasteiger partial charge is 0.267 e. The number of hydrogen-bond acceptors (Lipinski definition) is 6. The molecule has 1 saturated heterocycles. The van der Waals surface area contributed by atoms with E-state index in [1.165, 1.54) is 27.3 Å². The fourth-order valence-electron chi connectivity index (χ4n) is 4.36. The summed E-state index contributed by atoms with van der Waals surface area (Å²) in [7, 11) is 0.